The molecule has 0 fully saturated rings. The van der Waals surface area contributed by atoms with Gasteiger partial charge in [-0.25, -0.2) is 8.42 Å². The van der Waals surface area contributed by atoms with Crippen molar-refractivity contribution in [1.29, 1.82) is 0 Å². The van der Waals surface area contributed by atoms with E-state index >= 15 is 0 Å². The third kappa shape index (κ3) is 2.52. The van der Waals surface area contributed by atoms with Gasteiger partial charge in [0.05, 0.1) is 10.6 Å². The van der Waals surface area contributed by atoms with E-state index < -0.39 is 10.0 Å². The summed E-state index contributed by atoms with van der Waals surface area (Å²) >= 11 is 0. The second kappa shape index (κ2) is 4.93. The van der Waals surface area contributed by atoms with Gasteiger partial charge in [-0.2, -0.15) is 0 Å². The molecule has 0 spiro atoms. The van der Waals surface area contributed by atoms with Crippen molar-refractivity contribution in [3.8, 4) is 0 Å². The SMILES string of the molecule is Cc1ccc(S(=O)(=O)Nc2ccc3[nH]ccc3c2C)cc1. The van der Waals surface area contributed by atoms with Gasteiger partial charge in [0, 0.05) is 17.1 Å². The molecule has 0 aliphatic heterocycles. The quantitative estimate of drug-likeness (QED) is 0.776. The van der Waals surface area contributed by atoms with Gasteiger partial charge in [-0.15, -0.1) is 0 Å². The number of benzene rings is 2. The van der Waals surface area contributed by atoms with Crippen LogP contribution in [0.15, 0.2) is 53.6 Å². The van der Waals surface area contributed by atoms with Crippen LogP contribution in [0.2, 0.25) is 0 Å². The molecular weight excluding hydrogens is 284 g/mol. The summed E-state index contributed by atoms with van der Waals surface area (Å²) in [4.78, 5) is 3.38. The number of nitrogens with one attached hydrogen (secondary N) is 2. The molecule has 108 valence electrons. The second-order valence-corrected chi connectivity index (χ2v) is 6.78. The first-order valence-electron chi connectivity index (χ1n) is 6.63. The Morgan fingerprint density at radius 2 is 1.67 bits per heavy atom. The average Bonchev–Trinajstić information content (AvgIpc) is 2.91. The van der Waals surface area contributed by atoms with E-state index in [1.54, 1.807) is 30.3 Å². The average molecular weight is 300 g/mol. The third-order valence-corrected chi connectivity index (χ3v) is 4.96. The van der Waals surface area contributed by atoms with Crippen LogP contribution in [0.1, 0.15) is 11.1 Å². The van der Waals surface area contributed by atoms with Crippen LogP contribution in [0.25, 0.3) is 10.9 Å². The number of rotatable bonds is 3. The van der Waals surface area contributed by atoms with Gasteiger partial charge in [0.25, 0.3) is 10.0 Å². The molecule has 0 atom stereocenters. The number of sulfonamides is 1. The summed E-state index contributed by atoms with van der Waals surface area (Å²) in [6.45, 7) is 3.83. The molecule has 0 aliphatic rings. The molecule has 3 aromatic rings. The van der Waals surface area contributed by atoms with Crippen molar-refractivity contribution >= 4 is 26.6 Å². The summed E-state index contributed by atoms with van der Waals surface area (Å²) in [6, 6.07) is 12.4. The van der Waals surface area contributed by atoms with E-state index in [2.05, 4.69) is 9.71 Å². The molecule has 1 aromatic heterocycles. The van der Waals surface area contributed by atoms with Gasteiger partial charge in [0.2, 0.25) is 0 Å². The molecule has 21 heavy (non-hydrogen) atoms. The lowest BCUT2D eigenvalue weighted by atomic mass is 10.1. The fourth-order valence-corrected chi connectivity index (χ4v) is 3.44. The summed E-state index contributed by atoms with van der Waals surface area (Å²) in [5.74, 6) is 0. The Bertz CT molecular complexity index is 894. The molecule has 0 radical (unpaired) electrons. The molecule has 4 nitrogen and oxygen atoms in total. The Labute approximate surface area is 123 Å². The number of aromatic nitrogens is 1. The van der Waals surface area contributed by atoms with Crippen molar-refractivity contribution < 1.29 is 8.42 Å². The van der Waals surface area contributed by atoms with Crippen LogP contribution in [0.5, 0.6) is 0 Å². The van der Waals surface area contributed by atoms with E-state index in [4.69, 9.17) is 0 Å². The number of hydrogen-bond acceptors (Lipinski definition) is 2. The number of aryl methyl sites for hydroxylation is 2. The van der Waals surface area contributed by atoms with Crippen molar-refractivity contribution in [2.75, 3.05) is 4.72 Å². The minimum absolute atomic E-state index is 0.265. The zero-order chi connectivity index (χ0) is 15.0. The molecule has 0 unspecified atom stereocenters. The Kier molecular flexibility index (Phi) is 3.22. The van der Waals surface area contributed by atoms with Gasteiger partial charge >= 0.3 is 0 Å². The zero-order valence-corrected chi connectivity index (χ0v) is 12.7. The largest absolute Gasteiger partial charge is 0.361 e. The molecule has 2 N–H and O–H groups in total. The Morgan fingerprint density at radius 3 is 2.38 bits per heavy atom. The highest BCUT2D eigenvalue weighted by Gasteiger charge is 2.15. The maximum Gasteiger partial charge on any atom is 0.261 e. The number of aromatic amines is 1. The zero-order valence-electron chi connectivity index (χ0n) is 11.8. The molecule has 3 rings (SSSR count). The van der Waals surface area contributed by atoms with E-state index in [0.29, 0.717) is 5.69 Å². The molecule has 5 heteroatoms. The maximum atomic E-state index is 12.4. The maximum absolute atomic E-state index is 12.4. The monoisotopic (exact) mass is 300 g/mol. The number of H-pyrrole nitrogens is 1. The predicted molar refractivity (Wildman–Crippen MR) is 85.0 cm³/mol. The highest BCUT2D eigenvalue weighted by atomic mass is 32.2. The molecule has 0 amide bonds. The van der Waals surface area contributed by atoms with Gasteiger partial charge in [0.15, 0.2) is 0 Å². The van der Waals surface area contributed by atoms with E-state index in [9.17, 15) is 8.42 Å². The van der Waals surface area contributed by atoms with E-state index in [0.717, 1.165) is 22.0 Å². The second-order valence-electron chi connectivity index (χ2n) is 5.10. The lowest BCUT2D eigenvalue weighted by Gasteiger charge is -2.11. The van der Waals surface area contributed by atoms with Crippen LogP contribution >= 0.6 is 0 Å². The minimum atomic E-state index is -3.56. The van der Waals surface area contributed by atoms with Crippen molar-refractivity contribution in [2.45, 2.75) is 18.7 Å². The first-order valence-corrected chi connectivity index (χ1v) is 8.12. The predicted octanol–water partition coefficient (Wildman–Crippen LogP) is 3.59. The molecule has 0 saturated carbocycles. The molecule has 1 heterocycles. The van der Waals surface area contributed by atoms with Crippen LogP contribution in [0.3, 0.4) is 0 Å². The molecule has 2 aromatic carbocycles. The van der Waals surface area contributed by atoms with Crippen LogP contribution < -0.4 is 4.72 Å². The van der Waals surface area contributed by atoms with Crippen LogP contribution in [0.4, 0.5) is 5.69 Å². The summed E-state index contributed by atoms with van der Waals surface area (Å²) in [7, 11) is -3.56. The third-order valence-electron chi connectivity index (χ3n) is 3.58. The van der Waals surface area contributed by atoms with Gasteiger partial charge in [-0.3, -0.25) is 4.72 Å². The smallest absolute Gasteiger partial charge is 0.261 e. The van der Waals surface area contributed by atoms with E-state index in [1.807, 2.05) is 32.2 Å². The Balaban J connectivity index is 2.00. The molecule has 0 saturated heterocycles. The number of fused-ring (bicyclic) bond motifs is 1. The van der Waals surface area contributed by atoms with Crippen molar-refractivity contribution in [3.63, 3.8) is 0 Å². The van der Waals surface area contributed by atoms with Crippen molar-refractivity contribution in [3.05, 3.63) is 59.8 Å². The van der Waals surface area contributed by atoms with Crippen LogP contribution in [-0.4, -0.2) is 13.4 Å². The van der Waals surface area contributed by atoms with E-state index in [1.165, 1.54) is 0 Å². The fourth-order valence-electron chi connectivity index (χ4n) is 2.32. The summed E-state index contributed by atoms with van der Waals surface area (Å²) < 4.78 is 27.5. The topological polar surface area (TPSA) is 62.0 Å². The molecular formula is C16H16N2O2S. The summed E-state index contributed by atoms with van der Waals surface area (Å²) in [5, 5.41) is 1.01. The number of hydrogen-bond donors (Lipinski definition) is 2. The summed E-state index contributed by atoms with van der Waals surface area (Å²) in [6.07, 6.45) is 1.84. The first kappa shape index (κ1) is 13.7. The summed E-state index contributed by atoms with van der Waals surface area (Å²) in [5.41, 5.74) is 3.52. The minimum Gasteiger partial charge on any atom is -0.361 e. The molecule has 0 aliphatic carbocycles. The van der Waals surface area contributed by atoms with Crippen molar-refractivity contribution in [1.82, 2.24) is 4.98 Å². The van der Waals surface area contributed by atoms with Gasteiger partial charge in [-0.05, 0) is 49.7 Å². The standard InChI is InChI=1S/C16H16N2O2S/c1-11-3-5-13(6-4-11)21(19,20)18-15-7-8-16-14(12(15)2)9-10-17-16/h3-10,17-18H,1-2H3. The van der Waals surface area contributed by atoms with Crippen LogP contribution in [0, 0.1) is 13.8 Å². The van der Waals surface area contributed by atoms with Crippen LogP contribution in [-0.2, 0) is 10.0 Å². The van der Waals surface area contributed by atoms with E-state index in [-0.39, 0.29) is 4.90 Å². The van der Waals surface area contributed by atoms with Gasteiger partial charge in [-0.1, -0.05) is 17.7 Å². The first-order chi connectivity index (χ1) is 9.97. The highest BCUT2D eigenvalue weighted by Crippen LogP contribution is 2.26. The number of anilines is 1. The fraction of sp³-hybridized carbons (Fsp3) is 0.125. The van der Waals surface area contributed by atoms with Gasteiger partial charge in [0.1, 0.15) is 0 Å². The normalized spacial score (nSPS) is 11.7. The van der Waals surface area contributed by atoms with Crippen molar-refractivity contribution in [2.24, 2.45) is 0 Å². The lowest BCUT2D eigenvalue weighted by molar-refractivity contribution is 0.601. The van der Waals surface area contributed by atoms with Gasteiger partial charge < -0.3 is 4.98 Å². The molecule has 0 bridgehead atoms. The Hall–Kier alpha value is -2.27. The Morgan fingerprint density at radius 1 is 0.952 bits per heavy atom. The highest BCUT2D eigenvalue weighted by molar-refractivity contribution is 7.92. The lowest BCUT2D eigenvalue weighted by Crippen LogP contribution is -2.13.